The Morgan fingerprint density at radius 2 is 2.17 bits per heavy atom. The first-order valence-electron chi connectivity index (χ1n) is 9.23. The highest BCUT2D eigenvalue weighted by Gasteiger charge is 2.30. The molecule has 2 aliphatic rings. The largest absolute Gasteiger partial charge is 0.384 e. The van der Waals surface area contributed by atoms with Crippen molar-refractivity contribution in [1.82, 2.24) is 14.7 Å². The molecule has 0 aromatic carbocycles. The second-order valence-corrected chi connectivity index (χ2v) is 6.88. The maximum atomic E-state index is 5.52. The topological polar surface area (TPSA) is 48.8 Å². The molecule has 1 aromatic rings. The molecule has 3 rings (SSSR count). The summed E-state index contributed by atoms with van der Waals surface area (Å²) >= 11 is 0. The highest BCUT2D eigenvalue weighted by atomic mass is 16.5. The van der Waals surface area contributed by atoms with Crippen molar-refractivity contribution in [2.75, 3.05) is 53.2 Å². The first-order chi connectivity index (χ1) is 11.8. The summed E-state index contributed by atoms with van der Waals surface area (Å²) in [5, 5.41) is 4.72. The molecule has 2 aliphatic heterocycles. The monoisotopic (exact) mass is 337 g/mol. The molecular weight excluding hydrogens is 306 g/mol. The molecular formula is C18H31N3O3. The minimum atomic E-state index is 0.391. The van der Waals surface area contributed by atoms with Crippen molar-refractivity contribution in [3.63, 3.8) is 0 Å². The van der Waals surface area contributed by atoms with Crippen LogP contribution in [0.15, 0.2) is 6.20 Å². The highest BCUT2D eigenvalue weighted by Crippen LogP contribution is 2.30. The molecule has 1 unspecified atom stereocenters. The Bertz CT molecular complexity index is 500. The normalized spacial score (nSPS) is 22.7. The second kappa shape index (κ2) is 8.94. The van der Waals surface area contributed by atoms with E-state index in [1.165, 1.54) is 11.3 Å². The lowest BCUT2D eigenvalue weighted by Crippen LogP contribution is -2.38. The van der Waals surface area contributed by atoms with Crippen molar-refractivity contribution in [3.05, 3.63) is 17.5 Å². The van der Waals surface area contributed by atoms with Crippen LogP contribution in [0.4, 0.5) is 0 Å². The lowest BCUT2D eigenvalue weighted by Gasteiger charge is -2.33. The van der Waals surface area contributed by atoms with Gasteiger partial charge >= 0.3 is 0 Å². The summed E-state index contributed by atoms with van der Waals surface area (Å²) in [6.45, 7) is 10.1. The fraction of sp³-hybridized carbons (Fsp3) is 0.833. The predicted molar refractivity (Wildman–Crippen MR) is 92.2 cm³/mol. The van der Waals surface area contributed by atoms with E-state index in [1.54, 1.807) is 7.11 Å². The van der Waals surface area contributed by atoms with E-state index in [0.717, 1.165) is 72.1 Å². The third-order valence-corrected chi connectivity index (χ3v) is 5.12. The molecule has 1 saturated heterocycles. The molecule has 0 aliphatic carbocycles. The molecule has 136 valence electrons. The third-order valence-electron chi connectivity index (χ3n) is 5.12. The Morgan fingerprint density at radius 1 is 1.33 bits per heavy atom. The second-order valence-electron chi connectivity index (χ2n) is 6.88. The maximum Gasteiger partial charge on any atom is 0.0593 e. The number of fused-ring (bicyclic) bond motifs is 1. The minimum absolute atomic E-state index is 0.391. The zero-order valence-corrected chi connectivity index (χ0v) is 15.1. The fourth-order valence-electron chi connectivity index (χ4n) is 3.89. The lowest BCUT2D eigenvalue weighted by atomic mass is 9.95. The highest BCUT2D eigenvalue weighted by molar-refractivity contribution is 5.25. The summed E-state index contributed by atoms with van der Waals surface area (Å²) in [5.41, 5.74) is 2.74. The molecule has 0 N–H and O–H groups in total. The molecule has 1 atom stereocenters. The first-order valence-corrected chi connectivity index (χ1v) is 9.23. The molecule has 0 amide bonds. The first kappa shape index (κ1) is 17.9. The van der Waals surface area contributed by atoms with Gasteiger partial charge in [0.1, 0.15) is 0 Å². The van der Waals surface area contributed by atoms with Crippen LogP contribution < -0.4 is 0 Å². The molecule has 6 heteroatoms. The number of nitrogens with zero attached hydrogens (tertiary/aromatic N) is 3. The van der Waals surface area contributed by atoms with Gasteiger partial charge in [0.25, 0.3) is 0 Å². The van der Waals surface area contributed by atoms with E-state index in [1.807, 2.05) is 6.92 Å². The van der Waals surface area contributed by atoms with Crippen LogP contribution in [0.1, 0.15) is 36.9 Å². The number of hydrogen-bond acceptors (Lipinski definition) is 5. The van der Waals surface area contributed by atoms with E-state index in [2.05, 4.69) is 15.8 Å². The molecule has 24 heavy (non-hydrogen) atoms. The van der Waals surface area contributed by atoms with Crippen molar-refractivity contribution < 1.29 is 14.2 Å². The smallest absolute Gasteiger partial charge is 0.0593 e. The summed E-state index contributed by atoms with van der Waals surface area (Å²) < 4.78 is 18.8. The van der Waals surface area contributed by atoms with Gasteiger partial charge in [-0.3, -0.25) is 9.58 Å². The Hall–Kier alpha value is -0.950. The molecule has 0 spiro atoms. The van der Waals surface area contributed by atoms with Gasteiger partial charge in [0.15, 0.2) is 0 Å². The maximum absolute atomic E-state index is 5.52. The average molecular weight is 337 g/mol. The molecule has 1 fully saturated rings. The SMILES string of the molecule is CCOCCN1Cc2cnn(CC3CCOCC3)c2C(COC)C1. The van der Waals surface area contributed by atoms with Gasteiger partial charge < -0.3 is 14.2 Å². The van der Waals surface area contributed by atoms with E-state index in [9.17, 15) is 0 Å². The van der Waals surface area contributed by atoms with Crippen molar-refractivity contribution >= 4 is 0 Å². The van der Waals surface area contributed by atoms with Crippen molar-refractivity contribution in [1.29, 1.82) is 0 Å². The molecule has 0 saturated carbocycles. The zero-order valence-electron chi connectivity index (χ0n) is 15.1. The predicted octanol–water partition coefficient (Wildman–Crippen LogP) is 1.89. The number of rotatable bonds is 8. The Kier molecular flexibility index (Phi) is 6.66. The van der Waals surface area contributed by atoms with Gasteiger partial charge in [0, 0.05) is 70.3 Å². The van der Waals surface area contributed by atoms with Crippen LogP contribution in [-0.4, -0.2) is 67.9 Å². The van der Waals surface area contributed by atoms with Gasteiger partial charge in [0.05, 0.1) is 19.4 Å². The molecule has 0 bridgehead atoms. The third kappa shape index (κ3) is 4.36. The van der Waals surface area contributed by atoms with Crippen LogP contribution in [-0.2, 0) is 27.3 Å². The van der Waals surface area contributed by atoms with Crippen LogP contribution in [0.5, 0.6) is 0 Å². The van der Waals surface area contributed by atoms with Gasteiger partial charge in [-0.15, -0.1) is 0 Å². The van der Waals surface area contributed by atoms with Crippen LogP contribution in [0.25, 0.3) is 0 Å². The molecule has 0 radical (unpaired) electrons. The summed E-state index contributed by atoms with van der Waals surface area (Å²) in [4.78, 5) is 2.46. The van der Waals surface area contributed by atoms with E-state index in [-0.39, 0.29) is 0 Å². The Balaban J connectivity index is 1.69. The average Bonchev–Trinajstić information content (AvgIpc) is 2.99. The molecule has 1 aromatic heterocycles. The number of methoxy groups -OCH3 is 1. The van der Waals surface area contributed by atoms with Gasteiger partial charge in [-0.2, -0.15) is 5.10 Å². The molecule has 3 heterocycles. The lowest BCUT2D eigenvalue weighted by molar-refractivity contribution is 0.0586. The van der Waals surface area contributed by atoms with Crippen molar-refractivity contribution in [2.45, 2.75) is 38.8 Å². The van der Waals surface area contributed by atoms with E-state index in [0.29, 0.717) is 11.8 Å². The summed E-state index contributed by atoms with van der Waals surface area (Å²) in [6, 6.07) is 0. The summed E-state index contributed by atoms with van der Waals surface area (Å²) in [6.07, 6.45) is 4.35. The van der Waals surface area contributed by atoms with Crippen molar-refractivity contribution in [2.24, 2.45) is 5.92 Å². The summed E-state index contributed by atoms with van der Waals surface area (Å²) in [5.74, 6) is 1.07. The standard InChI is InChI=1S/C18H31N3O3/c1-3-23-9-6-20-12-16-10-19-21(11-15-4-7-24-8-5-15)18(16)17(13-20)14-22-2/h10,15,17H,3-9,11-14H2,1-2H3. The minimum Gasteiger partial charge on any atom is -0.384 e. The Morgan fingerprint density at radius 3 is 2.92 bits per heavy atom. The number of hydrogen-bond donors (Lipinski definition) is 0. The fourth-order valence-corrected chi connectivity index (χ4v) is 3.89. The van der Waals surface area contributed by atoms with Crippen molar-refractivity contribution in [3.8, 4) is 0 Å². The van der Waals surface area contributed by atoms with Crippen LogP contribution in [0, 0.1) is 5.92 Å². The quantitative estimate of drug-likeness (QED) is 0.678. The summed E-state index contributed by atoms with van der Waals surface area (Å²) in [7, 11) is 1.79. The van der Waals surface area contributed by atoms with E-state index < -0.39 is 0 Å². The zero-order chi connectivity index (χ0) is 16.8. The Labute approximate surface area is 145 Å². The van der Waals surface area contributed by atoms with Gasteiger partial charge in [-0.05, 0) is 25.7 Å². The van der Waals surface area contributed by atoms with E-state index in [4.69, 9.17) is 19.3 Å². The van der Waals surface area contributed by atoms with Gasteiger partial charge in [-0.1, -0.05) is 0 Å². The van der Waals surface area contributed by atoms with E-state index >= 15 is 0 Å². The number of aromatic nitrogens is 2. The van der Waals surface area contributed by atoms with Crippen LogP contribution >= 0.6 is 0 Å². The molecule has 6 nitrogen and oxygen atoms in total. The number of ether oxygens (including phenoxy) is 3. The van der Waals surface area contributed by atoms with Crippen LogP contribution in [0.3, 0.4) is 0 Å². The van der Waals surface area contributed by atoms with Gasteiger partial charge in [0.2, 0.25) is 0 Å². The van der Waals surface area contributed by atoms with Gasteiger partial charge in [-0.25, -0.2) is 0 Å². The van der Waals surface area contributed by atoms with Crippen LogP contribution in [0.2, 0.25) is 0 Å².